The first-order valence-corrected chi connectivity index (χ1v) is 4.52. The molecule has 0 unspecified atom stereocenters. The molecule has 1 rings (SSSR count). The lowest BCUT2D eigenvalue weighted by molar-refractivity contribution is 0.581. The maximum atomic E-state index is 5.40. The summed E-state index contributed by atoms with van der Waals surface area (Å²) in [5.74, 6) is 1.10. The van der Waals surface area contributed by atoms with Crippen LogP contribution < -0.4 is 5.73 Å². The summed E-state index contributed by atoms with van der Waals surface area (Å²) in [5.41, 5.74) is 5.40. The van der Waals surface area contributed by atoms with Crippen molar-refractivity contribution in [3.8, 4) is 0 Å². The molecule has 0 fully saturated rings. The van der Waals surface area contributed by atoms with Crippen molar-refractivity contribution >= 4 is 0 Å². The Morgan fingerprint density at radius 3 is 2.83 bits per heavy atom. The molecular formula is C9H17N3. The van der Waals surface area contributed by atoms with Crippen molar-refractivity contribution in [1.82, 2.24) is 9.55 Å². The molecule has 0 saturated carbocycles. The highest BCUT2D eigenvalue weighted by Crippen LogP contribution is 2.00. The molecule has 0 saturated heterocycles. The van der Waals surface area contributed by atoms with E-state index in [0.29, 0.717) is 0 Å². The minimum atomic E-state index is 0.808. The Hall–Kier alpha value is -0.830. The van der Waals surface area contributed by atoms with Gasteiger partial charge in [-0.2, -0.15) is 0 Å². The Morgan fingerprint density at radius 1 is 1.42 bits per heavy atom. The van der Waals surface area contributed by atoms with Gasteiger partial charge in [-0.15, -0.1) is 0 Å². The van der Waals surface area contributed by atoms with Crippen LogP contribution in [0.5, 0.6) is 0 Å². The molecule has 0 spiro atoms. The number of imidazole rings is 1. The first-order valence-electron chi connectivity index (χ1n) is 4.52. The third kappa shape index (κ3) is 2.66. The van der Waals surface area contributed by atoms with Gasteiger partial charge in [0.1, 0.15) is 5.82 Å². The van der Waals surface area contributed by atoms with Crippen molar-refractivity contribution in [3.05, 3.63) is 18.2 Å². The normalized spacial score (nSPS) is 10.5. The van der Waals surface area contributed by atoms with Crippen molar-refractivity contribution < 1.29 is 0 Å². The highest BCUT2D eigenvalue weighted by molar-refractivity contribution is 4.87. The van der Waals surface area contributed by atoms with Crippen LogP contribution in [0.3, 0.4) is 0 Å². The third-order valence-corrected chi connectivity index (χ3v) is 2.03. The van der Waals surface area contributed by atoms with Crippen LogP contribution >= 0.6 is 0 Å². The summed E-state index contributed by atoms with van der Waals surface area (Å²) in [7, 11) is 0. The van der Waals surface area contributed by atoms with Crippen LogP contribution in [0.2, 0.25) is 0 Å². The molecule has 2 N–H and O–H groups in total. The van der Waals surface area contributed by atoms with E-state index in [4.69, 9.17) is 5.73 Å². The molecule has 0 aliphatic carbocycles. The molecule has 3 nitrogen and oxygen atoms in total. The summed E-state index contributed by atoms with van der Waals surface area (Å²) in [6, 6.07) is 0. The predicted molar refractivity (Wildman–Crippen MR) is 49.9 cm³/mol. The van der Waals surface area contributed by atoms with Gasteiger partial charge in [0.05, 0.1) is 0 Å². The standard InChI is InChI=1S/C9H17N3/c1-9-11-6-8-12(9)7-4-2-3-5-10/h6,8H,2-5,7,10H2,1H3. The molecule has 0 aromatic carbocycles. The van der Waals surface area contributed by atoms with Gasteiger partial charge in [0.15, 0.2) is 0 Å². The van der Waals surface area contributed by atoms with Gasteiger partial charge in [-0.3, -0.25) is 0 Å². The molecule has 0 atom stereocenters. The number of aromatic nitrogens is 2. The Morgan fingerprint density at radius 2 is 2.25 bits per heavy atom. The SMILES string of the molecule is Cc1nccn1CCCCCN. The fourth-order valence-electron chi connectivity index (χ4n) is 1.24. The Balaban J connectivity index is 2.20. The maximum Gasteiger partial charge on any atom is 0.105 e. The van der Waals surface area contributed by atoms with Crippen molar-refractivity contribution in [2.75, 3.05) is 6.54 Å². The zero-order valence-electron chi connectivity index (χ0n) is 7.66. The molecule has 0 aliphatic heterocycles. The Labute approximate surface area is 73.6 Å². The molecule has 12 heavy (non-hydrogen) atoms. The van der Waals surface area contributed by atoms with Crippen molar-refractivity contribution in [3.63, 3.8) is 0 Å². The molecule has 68 valence electrons. The minimum Gasteiger partial charge on any atom is -0.335 e. The topological polar surface area (TPSA) is 43.8 Å². The third-order valence-electron chi connectivity index (χ3n) is 2.03. The van der Waals surface area contributed by atoms with Gasteiger partial charge in [0, 0.05) is 18.9 Å². The van der Waals surface area contributed by atoms with Gasteiger partial charge in [-0.25, -0.2) is 4.98 Å². The molecule has 1 heterocycles. The van der Waals surface area contributed by atoms with Gasteiger partial charge in [0.25, 0.3) is 0 Å². The number of rotatable bonds is 5. The van der Waals surface area contributed by atoms with E-state index in [-0.39, 0.29) is 0 Å². The van der Waals surface area contributed by atoms with E-state index >= 15 is 0 Å². The first-order chi connectivity index (χ1) is 5.84. The van der Waals surface area contributed by atoms with E-state index < -0.39 is 0 Å². The van der Waals surface area contributed by atoms with Crippen LogP contribution in [0.15, 0.2) is 12.4 Å². The largest absolute Gasteiger partial charge is 0.335 e. The van der Waals surface area contributed by atoms with Crippen molar-refractivity contribution in [2.24, 2.45) is 5.73 Å². The van der Waals surface area contributed by atoms with Crippen molar-refractivity contribution in [2.45, 2.75) is 32.7 Å². The number of nitrogens with two attached hydrogens (primary N) is 1. The Kier molecular flexibility index (Phi) is 3.80. The maximum absolute atomic E-state index is 5.40. The fraction of sp³-hybridized carbons (Fsp3) is 0.667. The highest BCUT2D eigenvalue weighted by atomic mass is 15.0. The van der Waals surface area contributed by atoms with Gasteiger partial charge in [-0.05, 0) is 26.3 Å². The van der Waals surface area contributed by atoms with E-state index in [1.165, 1.54) is 12.8 Å². The molecular weight excluding hydrogens is 150 g/mol. The van der Waals surface area contributed by atoms with Crippen molar-refractivity contribution in [1.29, 1.82) is 0 Å². The molecule has 3 heteroatoms. The predicted octanol–water partition coefficient (Wildman–Crippen LogP) is 1.32. The second-order valence-corrected chi connectivity index (χ2v) is 3.02. The van der Waals surface area contributed by atoms with E-state index in [2.05, 4.69) is 9.55 Å². The number of hydrogen-bond acceptors (Lipinski definition) is 2. The second kappa shape index (κ2) is 4.93. The fourth-order valence-corrected chi connectivity index (χ4v) is 1.24. The lowest BCUT2D eigenvalue weighted by atomic mass is 10.2. The van der Waals surface area contributed by atoms with E-state index in [1.807, 2.05) is 19.3 Å². The number of hydrogen-bond donors (Lipinski definition) is 1. The van der Waals surface area contributed by atoms with Crippen LogP contribution in [0, 0.1) is 6.92 Å². The average Bonchev–Trinajstić information content (AvgIpc) is 2.46. The van der Waals surface area contributed by atoms with E-state index in [9.17, 15) is 0 Å². The summed E-state index contributed by atoms with van der Waals surface area (Å²) >= 11 is 0. The van der Waals surface area contributed by atoms with E-state index in [0.717, 1.165) is 25.3 Å². The smallest absolute Gasteiger partial charge is 0.105 e. The summed E-state index contributed by atoms with van der Waals surface area (Å²) in [6.07, 6.45) is 7.42. The summed E-state index contributed by atoms with van der Waals surface area (Å²) < 4.78 is 2.18. The summed E-state index contributed by atoms with van der Waals surface area (Å²) in [6.45, 7) is 3.91. The van der Waals surface area contributed by atoms with Gasteiger partial charge < -0.3 is 10.3 Å². The van der Waals surface area contributed by atoms with Gasteiger partial charge in [-0.1, -0.05) is 6.42 Å². The molecule has 0 radical (unpaired) electrons. The van der Waals surface area contributed by atoms with Gasteiger partial charge >= 0.3 is 0 Å². The number of unbranched alkanes of at least 4 members (excludes halogenated alkanes) is 2. The van der Waals surface area contributed by atoms with Crippen LogP contribution in [0.25, 0.3) is 0 Å². The minimum absolute atomic E-state index is 0.808. The highest BCUT2D eigenvalue weighted by Gasteiger charge is 1.94. The molecule has 0 amide bonds. The second-order valence-electron chi connectivity index (χ2n) is 3.02. The zero-order valence-corrected chi connectivity index (χ0v) is 7.66. The zero-order chi connectivity index (χ0) is 8.81. The molecule has 0 bridgehead atoms. The van der Waals surface area contributed by atoms with E-state index in [1.54, 1.807) is 0 Å². The average molecular weight is 167 g/mol. The summed E-state index contributed by atoms with van der Waals surface area (Å²) in [5, 5.41) is 0. The monoisotopic (exact) mass is 167 g/mol. The summed E-state index contributed by atoms with van der Waals surface area (Å²) in [4.78, 5) is 4.15. The van der Waals surface area contributed by atoms with Crippen LogP contribution in [0.4, 0.5) is 0 Å². The number of nitrogens with zero attached hydrogens (tertiary/aromatic N) is 2. The quantitative estimate of drug-likeness (QED) is 0.672. The lowest BCUT2D eigenvalue weighted by Gasteiger charge is -2.03. The first kappa shape index (κ1) is 9.26. The van der Waals surface area contributed by atoms with Crippen LogP contribution in [0.1, 0.15) is 25.1 Å². The van der Waals surface area contributed by atoms with Crippen LogP contribution in [-0.2, 0) is 6.54 Å². The molecule has 1 aromatic rings. The lowest BCUT2D eigenvalue weighted by Crippen LogP contribution is -2.02. The molecule has 1 aromatic heterocycles. The Bertz CT molecular complexity index is 217. The van der Waals surface area contributed by atoms with Crippen LogP contribution in [-0.4, -0.2) is 16.1 Å². The number of aryl methyl sites for hydroxylation is 2. The van der Waals surface area contributed by atoms with Gasteiger partial charge in [0.2, 0.25) is 0 Å². The molecule has 0 aliphatic rings.